The van der Waals surface area contributed by atoms with Crippen molar-refractivity contribution in [1.82, 2.24) is 19.7 Å². The highest BCUT2D eigenvalue weighted by Gasteiger charge is 2.35. The largest absolute Gasteiger partial charge is 0.435 e. The summed E-state index contributed by atoms with van der Waals surface area (Å²) in [4.78, 5) is 8.14. The molecule has 0 amide bonds. The van der Waals surface area contributed by atoms with Gasteiger partial charge in [0, 0.05) is 30.4 Å². The van der Waals surface area contributed by atoms with Crippen LogP contribution >= 0.6 is 0 Å². The van der Waals surface area contributed by atoms with Crippen LogP contribution in [0.5, 0.6) is 11.8 Å². The second-order valence-corrected chi connectivity index (χ2v) is 5.85. The first kappa shape index (κ1) is 19.6. The molecule has 0 atom stereocenters. The quantitative estimate of drug-likeness (QED) is 0.578. The van der Waals surface area contributed by atoms with E-state index in [-0.39, 0.29) is 17.6 Å². The van der Waals surface area contributed by atoms with Gasteiger partial charge in [0.05, 0.1) is 5.56 Å². The fourth-order valence-corrected chi connectivity index (χ4v) is 2.26. The molecule has 0 N–H and O–H groups in total. The molecule has 1 aromatic carbocycles. The average molecular weight is 402 g/mol. The molecule has 0 spiro atoms. The summed E-state index contributed by atoms with van der Waals surface area (Å²) in [7, 11) is 1.28. The summed E-state index contributed by atoms with van der Waals surface area (Å²) in [5.41, 5.74) is -1.24. The molecule has 5 nitrogen and oxygen atoms in total. The number of benzene rings is 1. The predicted octanol–water partition coefficient (Wildman–Crippen LogP) is 5.02. The minimum atomic E-state index is -4.63. The van der Waals surface area contributed by atoms with Gasteiger partial charge in [-0.3, -0.25) is 0 Å². The van der Waals surface area contributed by atoms with Gasteiger partial charge in [0.1, 0.15) is 0 Å². The van der Waals surface area contributed by atoms with Crippen LogP contribution in [0.25, 0.3) is 11.4 Å². The maximum Gasteiger partial charge on any atom is 0.435 e. The third kappa shape index (κ3) is 4.07. The van der Waals surface area contributed by atoms with Crippen LogP contribution in [0, 0.1) is 6.92 Å². The highest BCUT2D eigenvalue weighted by Crippen LogP contribution is 2.33. The van der Waals surface area contributed by atoms with E-state index in [1.165, 1.54) is 25.4 Å². The Labute approximate surface area is 154 Å². The van der Waals surface area contributed by atoms with Gasteiger partial charge in [-0.15, -0.1) is 0 Å². The molecule has 0 radical (unpaired) electrons. The van der Waals surface area contributed by atoms with E-state index < -0.39 is 23.6 Å². The lowest BCUT2D eigenvalue weighted by atomic mass is 10.1. The molecule has 0 fully saturated rings. The molecule has 3 rings (SSSR count). The second kappa shape index (κ2) is 6.80. The fraction of sp³-hybridized carbons (Fsp3) is 0.235. The van der Waals surface area contributed by atoms with E-state index in [9.17, 15) is 26.3 Å². The summed E-state index contributed by atoms with van der Waals surface area (Å²) in [5, 5.41) is 3.34. The molecular weight excluding hydrogens is 390 g/mol. The SMILES string of the molecule is Cc1cnc(-c2ccc(C(F)(F)F)cc2)nc1Oc1cc(C(F)(F)F)nn1C. The molecule has 0 aliphatic rings. The second-order valence-electron chi connectivity index (χ2n) is 5.85. The maximum atomic E-state index is 12.8. The number of hydrogen-bond donors (Lipinski definition) is 0. The van der Waals surface area contributed by atoms with E-state index in [2.05, 4.69) is 15.1 Å². The Hall–Kier alpha value is -3.11. The molecular formula is C17H12F6N4O. The van der Waals surface area contributed by atoms with Gasteiger partial charge in [-0.05, 0) is 19.1 Å². The van der Waals surface area contributed by atoms with Crippen LogP contribution in [0.4, 0.5) is 26.3 Å². The van der Waals surface area contributed by atoms with Crippen LogP contribution < -0.4 is 4.74 Å². The smallest absolute Gasteiger partial charge is 0.421 e. The molecule has 28 heavy (non-hydrogen) atoms. The Morgan fingerprint density at radius 3 is 2.14 bits per heavy atom. The average Bonchev–Trinajstić information content (AvgIpc) is 2.97. The van der Waals surface area contributed by atoms with Crippen molar-refractivity contribution in [3.05, 3.63) is 53.3 Å². The zero-order valence-electron chi connectivity index (χ0n) is 14.4. The van der Waals surface area contributed by atoms with E-state index >= 15 is 0 Å². The Bertz CT molecular complexity index is 992. The Kier molecular flexibility index (Phi) is 4.77. The number of nitrogens with zero attached hydrogens (tertiary/aromatic N) is 4. The van der Waals surface area contributed by atoms with Gasteiger partial charge >= 0.3 is 12.4 Å². The third-order valence-electron chi connectivity index (χ3n) is 3.72. The van der Waals surface area contributed by atoms with Crippen LogP contribution in [0.2, 0.25) is 0 Å². The molecule has 11 heteroatoms. The summed E-state index contributed by atoms with van der Waals surface area (Å²) in [6.07, 6.45) is -7.75. The van der Waals surface area contributed by atoms with Gasteiger partial charge in [0.15, 0.2) is 11.5 Å². The first-order valence-electron chi connectivity index (χ1n) is 7.75. The van der Waals surface area contributed by atoms with Crippen LogP contribution in [-0.4, -0.2) is 19.7 Å². The third-order valence-corrected chi connectivity index (χ3v) is 3.72. The Morgan fingerprint density at radius 1 is 0.964 bits per heavy atom. The van der Waals surface area contributed by atoms with Crippen molar-refractivity contribution < 1.29 is 31.1 Å². The fourth-order valence-electron chi connectivity index (χ4n) is 2.26. The van der Waals surface area contributed by atoms with Gasteiger partial charge < -0.3 is 4.74 Å². The lowest BCUT2D eigenvalue weighted by molar-refractivity contribution is -0.141. The minimum absolute atomic E-state index is 0.0402. The lowest BCUT2D eigenvalue weighted by Crippen LogP contribution is -2.06. The summed E-state index contributed by atoms with van der Waals surface area (Å²) < 4.78 is 82.6. The number of aryl methyl sites for hydroxylation is 2. The number of hydrogen-bond acceptors (Lipinski definition) is 4. The standard InChI is InChI=1S/C17H12F6N4O/c1-9-8-24-14(10-3-5-11(6-4-10)16(18,19)20)25-15(9)28-13-7-12(17(21,22)23)26-27(13)2/h3-8H,1-2H3. The summed E-state index contributed by atoms with van der Waals surface area (Å²) in [5.74, 6) is -0.179. The van der Waals surface area contributed by atoms with Gasteiger partial charge in [-0.1, -0.05) is 12.1 Å². The number of halogens is 6. The van der Waals surface area contributed by atoms with E-state index in [4.69, 9.17) is 4.74 Å². The van der Waals surface area contributed by atoms with Crippen molar-refractivity contribution in [2.24, 2.45) is 7.05 Å². The molecule has 0 unspecified atom stereocenters. The topological polar surface area (TPSA) is 52.8 Å². The van der Waals surface area contributed by atoms with Crippen molar-refractivity contribution in [3.63, 3.8) is 0 Å². The van der Waals surface area contributed by atoms with E-state index in [1.54, 1.807) is 6.92 Å². The Morgan fingerprint density at radius 2 is 1.61 bits per heavy atom. The molecule has 2 aromatic heterocycles. The number of aromatic nitrogens is 4. The zero-order valence-corrected chi connectivity index (χ0v) is 14.4. The number of rotatable bonds is 3. The van der Waals surface area contributed by atoms with Crippen molar-refractivity contribution >= 4 is 0 Å². The van der Waals surface area contributed by atoms with Crippen molar-refractivity contribution in [2.75, 3.05) is 0 Å². The molecule has 148 valence electrons. The molecule has 0 saturated carbocycles. The summed E-state index contributed by atoms with van der Waals surface area (Å²) in [6.45, 7) is 1.58. The van der Waals surface area contributed by atoms with Crippen molar-refractivity contribution in [3.8, 4) is 23.1 Å². The van der Waals surface area contributed by atoms with Gasteiger partial charge in [0.25, 0.3) is 0 Å². The van der Waals surface area contributed by atoms with E-state index in [0.29, 0.717) is 11.1 Å². The number of alkyl halides is 6. The van der Waals surface area contributed by atoms with E-state index in [0.717, 1.165) is 22.9 Å². The first-order valence-corrected chi connectivity index (χ1v) is 7.75. The monoisotopic (exact) mass is 402 g/mol. The molecule has 2 heterocycles. The molecule has 0 bridgehead atoms. The van der Waals surface area contributed by atoms with Crippen LogP contribution in [0.15, 0.2) is 36.5 Å². The molecule has 0 aliphatic heterocycles. The highest BCUT2D eigenvalue weighted by molar-refractivity contribution is 5.56. The van der Waals surface area contributed by atoms with E-state index in [1.807, 2.05) is 0 Å². The number of ether oxygens (including phenoxy) is 1. The van der Waals surface area contributed by atoms with Crippen LogP contribution in [-0.2, 0) is 19.4 Å². The first-order chi connectivity index (χ1) is 12.9. The maximum absolute atomic E-state index is 12.8. The normalized spacial score (nSPS) is 12.3. The van der Waals surface area contributed by atoms with Gasteiger partial charge in [-0.25, -0.2) is 9.67 Å². The van der Waals surface area contributed by atoms with Crippen LogP contribution in [0.1, 0.15) is 16.8 Å². The molecule has 3 aromatic rings. The minimum Gasteiger partial charge on any atom is -0.421 e. The predicted molar refractivity (Wildman–Crippen MR) is 85.5 cm³/mol. The van der Waals surface area contributed by atoms with Gasteiger partial charge in [0.2, 0.25) is 11.8 Å². The van der Waals surface area contributed by atoms with Crippen molar-refractivity contribution in [1.29, 1.82) is 0 Å². The lowest BCUT2D eigenvalue weighted by Gasteiger charge is -2.10. The summed E-state index contributed by atoms with van der Waals surface area (Å²) in [6, 6.07) is 4.89. The summed E-state index contributed by atoms with van der Waals surface area (Å²) >= 11 is 0. The zero-order chi connectivity index (χ0) is 20.7. The van der Waals surface area contributed by atoms with Crippen molar-refractivity contribution in [2.45, 2.75) is 19.3 Å². The highest BCUT2D eigenvalue weighted by atomic mass is 19.4. The molecule has 0 saturated heterocycles. The Balaban J connectivity index is 1.91. The molecule has 0 aliphatic carbocycles. The van der Waals surface area contributed by atoms with Gasteiger partial charge in [-0.2, -0.15) is 36.4 Å². The van der Waals surface area contributed by atoms with Crippen LogP contribution in [0.3, 0.4) is 0 Å².